The van der Waals surface area contributed by atoms with Crippen LogP contribution in [0.5, 0.6) is 0 Å². The molecule has 0 aliphatic heterocycles. The Morgan fingerprint density at radius 2 is 1.02 bits per heavy atom. The van der Waals surface area contributed by atoms with Gasteiger partial charge in [-0.2, -0.15) is 0 Å². The Kier molecular flexibility index (Phi) is 6.17. The van der Waals surface area contributed by atoms with Crippen LogP contribution >= 0.6 is 0 Å². The Labute approximate surface area is 267 Å². The van der Waals surface area contributed by atoms with Crippen LogP contribution in [0.3, 0.4) is 0 Å². The van der Waals surface area contributed by atoms with Crippen molar-refractivity contribution in [1.82, 2.24) is 0 Å². The molecule has 9 rings (SSSR count). The van der Waals surface area contributed by atoms with E-state index in [0.717, 1.165) is 44.7 Å². The Hall–Kier alpha value is -6.12. The summed E-state index contributed by atoms with van der Waals surface area (Å²) in [6.07, 6.45) is 0. The third-order valence-corrected chi connectivity index (χ3v) is 9.04. The van der Waals surface area contributed by atoms with Gasteiger partial charge < -0.3 is 9.32 Å². The number of furan rings is 1. The highest BCUT2D eigenvalue weighted by molar-refractivity contribution is 6.20. The van der Waals surface area contributed by atoms with Gasteiger partial charge in [0, 0.05) is 33.3 Å². The lowest BCUT2D eigenvalue weighted by Gasteiger charge is -2.28. The van der Waals surface area contributed by atoms with E-state index >= 15 is 0 Å². The SMILES string of the molecule is c1ccc(-c2ccccc2N(c2ccc(-c3cccc4c3oc3ccc5ccccc5c34)cc2)c2ccc3ccccc3c2)cc1. The molecule has 0 amide bonds. The summed E-state index contributed by atoms with van der Waals surface area (Å²) >= 11 is 0. The second kappa shape index (κ2) is 10.8. The molecule has 8 aromatic carbocycles. The first kappa shape index (κ1) is 26.3. The minimum absolute atomic E-state index is 0.915. The van der Waals surface area contributed by atoms with Gasteiger partial charge in [0.1, 0.15) is 11.2 Å². The monoisotopic (exact) mass is 587 g/mol. The smallest absolute Gasteiger partial charge is 0.143 e. The predicted octanol–water partition coefficient (Wildman–Crippen LogP) is 12.7. The number of fused-ring (bicyclic) bond motifs is 6. The van der Waals surface area contributed by atoms with E-state index < -0.39 is 0 Å². The van der Waals surface area contributed by atoms with Crippen LogP contribution in [0.15, 0.2) is 180 Å². The summed E-state index contributed by atoms with van der Waals surface area (Å²) in [6, 6.07) is 62.7. The maximum atomic E-state index is 6.56. The highest BCUT2D eigenvalue weighted by Crippen LogP contribution is 2.43. The zero-order valence-corrected chi connectivity index (χ0v) is 25.1. The van der Waals surface area contributed by atoms with Crippen molar-refractivity contribution in [2.24, 2.45) is 0 Å². The first-order valence-electron chi connectivity index (χ1n) is 15.7. The summed E-state index contributed by atoms with van der Waals surface area (Å²) in [5, 5.41) is 7.19. The zero-order chi connectivity index (χ0) is 30.5. The summed E-state index contributed by atoms with van der Waals surface area (Å²) in [4.78, 5) is 2.37. The van der Waals surface area contributed by atoms with E-state index in [1.54, 1.807) is 0 Å². The molecule has 0 aliphatic carbocycles. The average molecular weight is 588 g/mol. The Morgan fingerprint density at radius 3 is 1.89 bits per heavy atom. The molecule has 0 spiro atoms. The second-order valence-corrected chi connectivity index (χ2v) is 11.7. The van der Waals surface area contributed by atoms with Gasteiger partial charge in [0.15, 0.2) is 0 Å². The van der Waals surface area contributed by atoms with Crippen molar-refractivity contribution in [2.45, 2.75) is 0 Å². The fourth-order valence-electron chi connectivity index (χ4n) is 6.86. The van der Waals surface area contributed by atoms with E-state index in [0.29, 0.717) is 0 Å². The van der Waals surface area contributed by atoms with E-state index in [4.69, 9.17) is 4.42 Å². The molecule has 46 heavy (non-hydrogen) atoms. The van der Waals surface area contributed by atoms with Crippen LogP contribution in [0.4, 0.5) is 17.1 Å². The van der Waals surface area contributed by atoms with Gasteiger partial charge in [-0.15, -0.1) is 0 Å². The quantitative estimate of drug-likeness (QED) is 0.199. The van der Waals surface area contributed by atoms with E-state index in [-0.39, 0.29) is 0 Å². The van der Waals surface area contributed by atoms with E-state index in [1.165, 1.54) is 38.1 Å². The number of nitrogens with zero attached hydrogens (tertiary/aromatic N) is 1. The van der Waals surface area contributed by atoms with Crippen LogP contribution in [0.1, 0.15) is 0 Å². The fourth-order valence-corrected chi connectivity index (χ4v) is 6.86. The Morgan fingerprint density at radius 1 is 0.391 bits per heavy atom. The lowest BCUT2D eigenvalue weighted by molar-refractivity contribution is 0.670. The molecule has 0 aliphatic rings. The molecule has 9 aromatic rings. The van der Waals surface area contributed by atoms with E-state index in [1.807, 2.05) is 0 Å². The lowest BCUT2D eigenvalue weighted by Crippen LogP contribution is -2.11. The van der Waals surface area contributed by atoms with Crippen molar-refractivity contribution in [2.75, 3.05) is 4.90 Å². The molecule has 1 aromatic heterocycles. The van der Waals surface area contributed by atoms with Crippen LogP contribution in [0.2, 0.25) is 0 Å². The summed E-state index contributed by atoms with van der Waals surface area (Å²) in [7, 11) is 0. The Balaban J connectivity index is 1.20. The maximum absolute atomic E-state index is 6.56. The molecule has 1 heterocycles. The summed E-state index contributed by atoms with van der Waals surface area (Å²) in [5.74, 6) is 0. The van der Waals surface area contributed by atoms with Gasteiger partial charge in [0.05, 0.1) is 5.69 Å². The van der Waals surface area contributed by atoms with Crippen LogP contribution in [0, 0.1) is 0 Å². The lowest BCUT2D eigenvalue weighted by atomic mass is 9.99. The number of para-hydroxylation sites is 2. The van der Waals surface area contributed by atoms with Crippen LogP contribution in [-0.2, 0) is 0 Å². The zero-order valence-electron chi connectivity index (χ0n) is 25.1. The van der Waals surface area contributed by atoms with Crippen molar-refractivity contribution in [1.29, 1.82) is 0 Å². The minimum atomic E-state index is 0.915. The molecule has 0 radical (unpaired) electrons. The Bertz CT molecular complexity index is 2530. The van der Waals surface area contributed by atoms with Crippen molar-refractivity contribution in [3.05, 3.63) is 176 Å². The molecule has 216 valence electrons. The largest absolute Gasteiger partial charge is 0.455 e. The molecule has 0 N–H and O–H groups in total. The van der Waals surface area contributed by atoms with Crippen molar-refractivity contribution >= 4 is 60.5 Å². The molecule has 2 heteroatoms. The molecule has 0 bridgehead atoms. The van der Waals surface area contributed by atoms with Gasteiger partial charge >= 0.3 is 0 Å². The van der Waals surface area contributed by atoms with E-state index in [2.05, 4.69) is 181 Å². The van der Waals surface area contributed by atoms with Crippen LogP contribution in [-0.4, -0.2) is 0 Å². The third kappa shape index (κ3) is 4.35. The van der Waals surface area contributed by atoms with Gasteiger partial charge in [0.25, 0.3) is 0 Å². The molecule has 0 atom stereocenters. The highest BCUT2D eigenvalue weighted by Gasteiger charge is 2.19. The number of benzene rings is 8. The first-order valence-corrected chi connectivity index (χ1v) is 15.7. The van der Waals surface area contributed by atoms with E-state index in [9.17, 15) is 0 Å². The van der Waals surface area contributed by atoms with Crippen molar-refractivity contribution < 1.29 is 4.42 Å². The van der Waals surface area contributed by atoms with Gasteiger partial charge in [-0.05, 0) is 69.1 Å². The van der Waals surface area contributed by atoms with Crippen LogP contribution < -0.4 is 4.90 Å². The topological polar surface area (TPSA) is 16.4 Å². The summed E-state index contributed by atoms with van der Waals surface area (Å²) < 4.78 is 6.56. The fraction of sp³-hybridized carbons (Fsp3) is 0. The molecule has 0 unspecified atom stereocenters. The minimum Gasteiger partial charge on any atom is -0.455 e. The second-order valence-electron chi connectivity index (χ2n) is 11.7. The van der Waals surface area contributed by atoms with Crippen molar-refractivity contribution in [3.8, 4) is 22.3 Å². The molecule has 0 saturated carbocycles. The average Bonchev–Trinajstić information content (AvgIpc) is 3.52. The van der Waals surface area contributed by atoms with Gasteiger partial charge in [-0.25, -0.2) is 0 Å². The number of anilines is 3. The predicted molar refractivity (Wildman–Crippen MR) is 194 cm³/mol. The maximum Gasteiger partial charge on any atom is 0.143 e. The number of hydrogen-bond acceptors (Lipinski definition) is 2. The molecular formula is C44H29NO. The first-order chi connectivity index (χ1) is 22.8. The number of rotatable bonds is 5. The van der Waals surface area contributed by atoms with Gasteiger partial charge in [-0.1, -0.05) is 140 Å². The normalized spacial score (nSPS) is 11.5. The molecular weight excluding hydrogens is 558 g/mol. The number of hydrogen-bond donors (Lipinski definition) is 0. The summed E-state index contributed by atoms with van der Waals surface area (Å²) in [6.45, 7) is 0. The molecule has 0 fully saturated rings. The standard InChI is InChI=1S/C44H29NO/c1-2-12-31(13-3-1)37-16-8-9-20-41(37)45(36-27-21-30-11-4-5-15-34(30)29-36)35-25-22-33(23-26-35)39-18-10-19-40-43-38-17-7-6-14-32(38)24-28-42(43)46-44(39)40/h1-29H. The van der Waals surface area contributed by atoms with Crippen molar-refractivity contribution in [3.63, 3.8) is 0 Å². The van der Waals surface area contributed by atoms with Gasteiger partial charge in [0.2, 0.25) is 0 Å². The molecule has 0 saturated heterocycles. The third-order valence-electron chi connectivity index (χ3n) is 9.04. The molecule has 2 nitrogen and oxygen atoms in total. The highest BCUT2D eigenvalue weighted by atomic mass is 16.3. The van der Waals surface area contributed by atoms with Crippen LogP contribution in [0.25, 0.3) is 65.7 Å². The van der Waals surface area contributed by atoms with Gasteiger partial charge in [-0.3, -0.25) is 0 Å². The summed E-state index contributed by atoms with van der Waals surface area (Å²) in [5.41, 5.74) is 9.73.